The second-order valence-corrected chi connectivity index (χ2v) is 7.94. The Labute approximate surface area is 192 Å². The lowest BCUT2D eigenvalue weighted by molar-refractivity contribution is -0.116. The smallest absolute Gasteiger partial charge is 0.261 e. The third kappa shape index (κ3) is 5.28. The van der Waals surface area contributed by atoms with Crippen LogP contribution < -0.4 is 10.1 Å². The maximum absolute atomic E-state index is 12.4. The number of aromatic nitrogens is 2. The number of benzene rings is 2. The Hall–Kier alpha value is -3.94. The lowest BCUT2D eigenvalue weighted by Gasteiger charge is -2.13. The molecule has 1 N–H and O–H groups in total. The fourth-order valence-corrected chi connectivity index (χ4v) is 3.87. The highest BCUT2D eigenvalue weighted by atomic mass is 16.5. The second-order valence-electron chi connectivity index (χ2n) is 7.94. The predicted molar refractivity (Wildman–Crippen MR) is 123 cm³/mol. The number of methoxy groups -OCH3 is 1. The number of imide groups is 1. The van der Waals surface area contributed by atoms with Crippen LogP contribution >= 0.6 is 0 Å². The number of nitrogens with one attached hydrogen (secondary N) is 1. The molecule has 33 heavy (non-hydrogen) atoms. The van der Waals surface area contributed by atoms with Crippen molar-refractivity contribution in [2.45, 2.75) is 32.2 Å². The van der Waals surface area contributed by atoms with Crippen molar-refractivity contribution in [1.29, 1.82) is 0 Å². The van der Waals surface area contributed by atoms with Crippen molar-refractivity contribution in [3.05, 3.63) is 77.6 Å². The molecule has 0 spiro atoms. The minimum atomic E-state index is -0.237. The minimum absolute atomic E-state index is 0.0864. The van der Waals surface area contributed by atoms with Crippen molar-refractivity contribution in [1.82, 2.24) is 14.7 Å². The summed E-state index contributed by atoms with van der Waals surface area (Å²) >= 11 is 0. The summed E-state index contributed by atoms with van der Waals surface area (Å²) in [5.41, 5.74) is 2.63. The van der Waals surface area contributed by atoms with E-state index in [1.165, 1.54) is 4.90 Å². The molecule has 0 radical (unpaired) electrons. The number of carbonyl (C=O) groups excluding carboxylic acids is 3. The minimum Gasteiger partial charge on any atom is -0.497 e. The molecule has 0 fully saturated rings. The molecule has 1 aromatic heterocycles. The summed E-state index contributed by atoms with van der Waals surface area (Å²) in [6.07, 6.45) is 5.86. The van der Waals surface area contributed by atoms with E-state index in [0.29, 0.717) is 49.2 Å². The Kier molecular flexibility index (Phi) is 6.83. The van der Waals surface area contributed by atoms with Crippen LogP contribution in [0.2, 0.25) is 0 Å². The normalized spacial score (nSPS) is 12.7. The molecule has 170 valence electrons. The zero-order valence-electron chi connectivity index (χ0n) is 18.5. The molecule has 1 aliphatic rings. The van der Waals surface area contributed by atoms with Crippen LogP contribution in [0.1, 0.15) is 52.0 Å². The van der Waals surface area contributed by atoms with Gasteiger partial charge in [0.25, 0.3) is 11.8 Å². The lowest BCUT2D eigenvalue weighted by Crippen LogP contribution is -2.30. The average molecular weight is 447 g/mol. The highest BCUT2D eigenvalue weighted by molar-refractivity contribution is 6.21. The van der Waals surface area contributed by atoms with Gasteiger partial charge in [-0.1, -0.05) is 30.7 Å². The number of fused-ring (bicyclic) bond motifs is 1. The second kappa shape index (κ2) is 10.1. The van der Waals surface area contributed by atoms with E-state index in [1.54, 1.807) is 48.5 Å². The fraction of sp³-hybridized carbons (Fsp3) is 0.280. The molecule has 3 aromatic rings. The summed E-state index contributed by atoms with van der Waals surface area (Å²) in [5.74, 6) is 0.228. The van der Waals surface area contributed by atoms with Crippen LogP contribution in [0.4, 0.5) is 5.69 Å². The zero-order chi connectivity index (χ0) is 23.2. The van der Waals surface area contributed by atoms with E-state index >= 15 is 0 Å². The number of unbranched alkanes of at least 4 members (excludes halogenated alkanes) is 2. The standard InChI is InChI=1S/C25H26N4O4/c1-33-20-9-7-8-18(14-20)16-28-17-19(15-26-28)27-23(30)12-3-2-6-13-29-24(31)21-10-4-5-11-22(21)25(29)32/h4-5,7-11,14-15,17H,2-3,6,12-13,16H2,1H3,(H,27,30). The summed E-state index contributed by atoms with van der Waals surface area (Å²) in [4.78, 5) is 38.3. The Morgan fingerprint density at radius 1 is 1.00 bits per heavy atom. The van der Waals surface area contributed by atoms with Gasteiger partial charge in [-0.15, -0.1) is 0 Å². The van der Waals surface area contributed by atoms with E-state index in [1.807, 2.05) is 24.3 Å². The maximum atomic E-state index is 12.4. The number of carbonyl (C=O) groups is 3. The molecule has 2 heterocycles. The van der Waals surface area contributed by atoms with Crippen molar-refractivity contribution < 1.29 is 19.1 Å². The van der Waals surface area contributed by atoms with E-state index < -0.39 is 0 Å². The topological polar surface area (TPSA) is 93.5 Å². The summed E-state index contributed by atoms with van der Waals surface area (Å²) < 4.78 is 6.99. The quantitative estimate of drug-likeness (QED) is 0.378. The molecule has 0 saturated carbocycles. The highest BCUT2D eigenvalue weighted by Crippen LogP contribution is 2.23. The van der Waals surface area contributed by atoms with Gasteiger partial charge in [-0.25, -0.2) is 0 Å². The zero-order valence-corrected chi connectivity index (χ0v) is 18.5. The maximum Gasteiger partial charge on any atom is 0.261 e. The molecule has 0 unspecified atom stereocenters. The number of nitrogens with zero attached hydrogens (tertiary/aromatic N) is 3. The van der Waals surface area contributed by atoms with Crippen molar-refractivity contribution in [3.63, 3.8) is 0 Å². The number of amides is 3. The number of hydrogen-bond donors (Lipinski definition) is 1. The third-order valence-corrected chi connectivity index (χ3v) is 5.56. The molecule has 1 aliphatic heterocycles. The molecule has 0 saturated heterocycles. The average Bonchev–Trinajstić information content (AvgIpc) is 3.36. The first-order chi connectivity index (χ1) is 16.0. The SMILES string of the molecule is COc1cccc(Cn2cc(NC(=O)CCCCCN3C(=O)c4ccccc4C3=O)cn2)c1. The van der Waals surface area contributed by atoms with Crippen LogP contribution in [0.25, 0.3) is 0 Å². The molecular weight excluding hydrogens is 420 g/mol. The van der Waals surface area contributed by atoms with Crippen LogP contribution in [-0.4, -0.2) is 46.1 Å². The molecule has 0 atom stereocenters. The first-order valence-electron chi connectivity index (χ1n) is 11.0. The Morgan fingerprint density at radius 3 is 2.48 bits per heavy atom. The first kappa shape index (κ1) is 22.3. The van der Waals surface area contributed by atoms with E-state index in [9.17, 15) is 14.4 Å². The summed E-state index contributed by atoms with van der Waals surface area (Å²) in [5, 5.41) is 7.16. The molecule has 0 bridgehead atoms. The van der Waals surface area contributed by atoms with Crippen molar-refractivity contribution in [3.8, 4) is 5.75 Å². The van der Waals surface area contributed by atoms with E-state index in [2.05, 4.69) is 10.4 Å². The predicted octanol–water partition coefficient (Wildman–Crippen LogP) is 3.74. The first-order valence-corrected chi connectivity index (χ1v) is 11.0. The monoisotopic (exact) mass is 446 g/mol. The summed E-state index contributed by atoms with van der Waals surface area (Å²) in [6.45, 7) is 0.940. The van der Waals surface area contributed by atoms with Crippen molar-refractivity contribution >= 4 is 23.4 Å². The van der Waals surface area contributed by atoms with Crippen LogP contribution in [0.5, 0.6) is 5.75 Å². The highest BCUT2D eigenvalue weighted by Gasteiger charge is 2.34. The third-order valence-electron chi connectivity index (χ3n) is 5.56. The number of ether oxygens (including phenoxy) is 1. The van der Waals surface area contributed by atoms with Crippen LogP contribution in [-0.2, 0) is 11.3 Å². The van der Waals surface area contributed by atoms with Gasteiger partial charge in [-0.3, -0.25) is 24.0 Å². The van der Waals surface area contributed by atoms with Gasteiger partial charge in [0.1, 0.15) is 5.75 Å². The lowest BCUT2D eigenvalue weighted by atomic mass is 10.1. The van der Waals surface area contributed by atoms with Crippen LogP contribution in [0.15, 0.2) is 60.9 Å². The molecule has 8 nitrogen and oxygen atoms in total. The van der Waals surface area contributed by atoms with Gasteiger partial charge < -0.3 is 10.1 Å². The van der Waals surface area contributed by atoms with Gasteiger partial charge in [0.2, 0.25) is 5.91 Å². The summed E-state index contributed by atoms with van der Waals surface area (Å²) in [6, 6.07) is 14.6. The van der Waals surface area contributed by atoms with Crippen molar-refractivity contribution in [2.75, 3.05) is 19.0 Å². The number of rotatable bonds is 10. The molecule has 2 aromatic carbocycles. The fourth-order valence-electron chi connectivity index (χ4n) is 3.87. The molecule has 3 amide bonds. The van der Waals surface area contributed by atoms with Gasteiger partial charge in [0, 0.05) is 19.2 Å². The van der Waals surface area contributed by atoms with Gasteiger partial charge in [0.15, 0.2) is 0 Å². The van der Waals surface area contributed by atoms with E-state index in [-0.39, 0.29) is 17.7 Å². The number of anilines is 1. The van der Waals surface area contributed by atoms with Gasteiger partial charge in [-0.2, -0.15) is 5.10 Å². The Balaban J connectivity index is 1.17. The Morgan fingerprint density at radius 2 is 1.76 bits per heavy atom. The molecule has 4 rings (SSSR count). The van der Waals surface area contributed by atoms with Gasteiger partial charge >= 0.3 is 0 Å². The molecular formula is C25H26N4O4. The largest absolute Gasteiger partial charge is 0.497 e. The van der Waals surface area contributed by atoms with Crippen molar-refractivity contribution in [2.24, 2.45) is 0 Å². The van der Waals surface area contributed by atoms with E-state index in [0.717, 1.165) is 17.7 Å². The molecule has 0 aliphatic carbocycles. The van der Waals surface area contributed by atoms with Gasteiger partial charge in [0.05, 0.1) is 36.7 Å². The summed E-state index contributed by atoms with van der Waals surface area (Å²) in [7, 11) is 1.63. The van der Waals surface area contributed by atoms with Crippen LogP contribution in [0.3, 0.4) is 0 Å². The number of hydrogen-bond acceptors (Lipinski definition) is 5. The van der Waals surface area contributed by atoms with Gasteiger partial charge in [-0.05, 0) is 42.7 Å². The Bertz CT molecular complexity index is 1140. The van der Waals surface area contributed by atoms with Crippen LogP contribution in [0, 0.1) is 0 Å². The molecule has 8 heteroatoms. The van der Waals surface area contributed by atoms with E-state index in [4.69, 9.17) is 4.74 Å².